The molecule has 0 bridgehead atoms. The number of esters is 1. The maximum atomic E-state index is 11.4. The van der Waals surface area contributed by atoms with Crippen LogP contribution in [-0.4, -0.2) is 22.5 Å². The summed E-state index contributed by atoms with van der Waals surface area (Å²) in [6.07, 6.45) is 1.92. The van der Waals surface area contributed by atoms with Crippen molar-refractivity contribution >= 4 is 23.1 Å². The molecule has 2 heterocycles. The predicted molar refractivity (Wildman–Crippen MR) is 91.2 cm³/mol. The molecule has 3 rings (SSSR count). The molecule has 122 valence electrons. The standard InChI is InChI=1S/C18H18N4O2/c1-12(2)16-17(22-11-5-4-6-15(22)19-16)21-20-14-9-7-13(8-10-14)18(23)24-3/h4-12H,1-3H3. The lowest BCUT2D eigenvalue weighted by Crippen LogP contribution is -1.99. The van der Waals surface area contributed by atoms with Crippen LogP contribution in [-0.2, 0) is 4.74 Å². The van der Waals surface area contributed by atoms with E-state index in [1.165, 1.54) is 7.11 Å². The van der Waals surface area contributed by atoms with E-state index < -0.39 is 0 Å². The zero-order valence-corrected chi connectivity index (χ0v) is 13.8. The Kier molecular flexibility index (Phi) is 4.37. The normalized spacial score (nSPS) is 11.5. The largest absolute Gasteiger partial charge is 0.465 e. The number of nitrogens with zero attached hydrogens (tertiary/aromatic N) is 4. The van der Waals surface area contributed by atoms with Gasteiger partial charge in [-0.3, -0.25) is 4.40 Å². The van der Waals surface area contributed by atoms with Crippen molar-refractivity contribution in [2.45, 2.75) is 19.8 Å². The first-order valence-electron chi connectivity index (χ1n) is 7.67. The van der Waals surface area contributed by atoms with Crippen LogP contribution in [0.4, 0.5) is 11.5 Å². The van der Waals surface area contributed by atoms with Crippen LogP contribution >= 0.6 is 0 Å². The van der Waals surface area contributed by atoms with E-state index in [4.69, 9.17) is 0 Å². The summed E-state index contributed by atoms with van der Waals surface area (Å²) in [4.78, 5) is 16.1. The number of aromatic nitrogens is 2. The van der Waals surface area contributed by atoms with E-state index >= 15 is 0 Å². The average molecular weight is 322 g/mol. The van der Waals surface area contributed by atoms with Gasteiger partial charge in [0, 0.05) is 6.20 Å². The molecule has 0 unspecified atom stereocenters. The van der Waals surface area contributed by atoms with Gasteiger partial charge in [-0.1, -0.05) is 19.9 Å². The molecule has 0 fully saturated rings. The monoisotopic (exact) mass is 322 g/mol. The third-order valence-corrected chi connectivity index (χ3v) is 3.63. The van der Waals surface area contributed by atoms with Gasteiger partial charge in [-0.15, -0.1) is 10.2 Å². The van der Waals surface area contributed by atoms with Crippen molar-refractivity contribution in [1.82, 2.24) is 9.38 Å². The number of ether oxygens (including phenoxy) is 1. The highest BCUT2D eigenvalue weighted by molar-refractivity contribution is 5.89. The van der Waals surface area contributed by atoms with Gasteiger partial charge in [0.2, 0.25) is 0 Å². The Hall–Kier alpha value is -3.02. The first kappa shape index (κ1) is 15.9. The van der Waals surface area contributed by atoms with E-state index in [-0.39, 0.29) is 11.9 Å². The van der Waals surface area contributed by atoms with E-state index in [0.29, 0.717) is 11.3 Å². The SMILES string of the molecule is COC(=O)c1ccc(N=Nc2c(C(C)C)nc3ccccn23)cc1. The maximum absolute atomic E-state index is 11.4. The Morgan fingerprint density at radius 1 is 1.12 bits per heavy atom. The lowest BCUT2D eigenvalue weighted by Gasteiger charge is -2.02. The molecular weight excluding hydrogens is 304 g/mol. The van der Waals surface area contributed by atoms with Gasteiger partial charge < -0.3 is 4.74 Å². The Bertz CT molecular complexity index is 895. The second-order valence-corrected chi connectivity index (χ2v) is 5.64. The number of hydrogen-bond acceptors (Lipinski definition) is 5. The Morgan fingerprint density at radius 2 is 1.88 bits per heavy atom. The molecule has 6 heteroatoms. The molecule has 1 aromatic carbocycles. The molecule has 0 saturated heterocycles. The van der Waals surface area contributed by atoms with E-state index in [0.717, 1.165) is 17.2 Å². The molecular formula is C18H18N4O2. The van der Waals surface area contributed by atoms with Crippen molar-refractivity contribution in [3.05, 3.63) is 59.9 Å². The Morgan fingerprint density at radius 3 is 2.54 bits per heavy atom. The lowest BCUT2D eigenvalue weighted by atomic mass is 10.1. The number of rotatable bonds is 4. The molecule has 0 aliphatic rings. The van der Waals surface area contributed by atoms with E-state index in [9.17, 15) is 4.79 Å². The zero-order valence-electron chi connectivity index (χ0n) is 13.8. The summed E-state index contributed by atoms with van der Waals surface area (Å²) in [5, 5.41) is 8.67. The van der Waals surface area contributed by atoms with Crippen LogP contribution in [0, 0.1) is 0 Å². The topological polar surface area (TPSA) is 68.3 Å². The third-order valence-electron chi connectivity index (χ3n) is 3.63. The van der Waals surface area contributed by atoms with Crippen molar-refractivity contribution in [3.8, 4) is 0 Å². The van der Waals surface area contributed by atoms with Crippen LogP contribution < -0.4 is 0 Å². The second kappa shape index (κ2) is 6.62. The molecule has 0 aliphatic carbocycles. The van der Waals surface area contributed by atoms with Crippen molar-refractivity contribution in [1.29, 1.82) is 0 Å². The summed E-state index contributed by atoms with van der Waals surface area (Å²) >= 11 is 0. The Labute approximate surface area is 139 Å². The fourth-order valence-electron chi connectivity index (χ4n) is 2.37. The molecule has 6 nitrogen and oxygen atoms in total. The molecule has 0 spiro atoms. The number of methoxy groups -OCH3 is 1. The van der Waals surface area contributed by atoms with Gasteiger partial charge in [-0.05, 0) is 42.3 Å². The number of carbonyl (C=O) groups excluding carboxylic acids is 1. The van der Waals surface area contributed by atoms with Crippen LogP contribution in [0.25, 0.3) is 5.65 Å². The minimum absolute atomic E-state index is 0.237. The molecule has 3 aromatic rings. The summed E-state index contributed by atoms with van der Waals surface area (Å²) < 4.78 is 6.60. The van der Waals surface area contributed by atoms with Crippen LogP contribution in [0.5, 0.6) is 0 Å². The fourth-order valence-corrected chi connectivity index (χ4v) is 2.37. The minimum atomic E-state index is -0.373. The number of azo groups is 1. The second-order valence-electron chi connectivity index (χ2n) is 5.64. The third kappa shape index (κ3) is 3.03. The first-order valence-corrected chi connectivity index (χ1v) is 7.67. The van der Waals surface area contributed by atoms with Gasteiger partial charge >= 0.3 is 5.97 Å². The van der Waals surface area contributed by atoms with Crippen LogP contribution in [0.1, 0.15) is 35.8 Å². The van der Waals surface area contributed by atoms with Gasteiger partial charge in [0.15, 0.2) is 5.82 Å². The van der Waals surface area contributed by atoms with Gasteiger partial charge in [-0.2, -0.15) is 0 Å². The van der Waals surface area contributed by atoms with Crippen LogP contribution in [0.2, 0.25) is 0 Å². The summed E-state index contributed by atoms with van der Waals surface area (Å²) in [5.41, 5.74) is 2.88. The molecule has 2 aromatic heterocycles. The van der Waals surface area contributed by atoms with Crippen LogP contribution in [0.3, 0.4) is 0 Å². The number of pyridine rings is 1. The van der Waals surface area contributed by atoms with E-state index in [1.807, 2.05) is 28.8 Å². The van der Waals surface area contributed by atoms with Crippen molar-refractivity contribution in [3.63, 3.8) is 0 Å². The maximum Gasteiger partial charge on any atom is 0.337 e. The van der Waals surface area contributed by atoms with Gasteiger partial charge in [0.1, 0.15) is 5.65 Å². The lowest BCUT2D eigenvalue weighted by molar-refractivity contribution is 0.0601. The first-order chi connectivity index (χ1) is 11.6. The number of hydrogen-bond donors (Lipinski definition) is 0. The van der Waals surface area contributed by atoms with Crippen molar-refractivity contribution in [2.24, 2.45) is 10.2 Å². The number of imidazole rings is 1. The molecule has 0 atom stereocenters. The number of benzene rings is 1. The summed E-state index contributed by atoms with van der Waals surface area (Å²) in [6, 6.07) is 12.6. The van der Waals surface area contributed by atoms with Crippen molar-refractivity contribution < 1.29 is 9.53 Å². The number of fused-ring (bicyclic) bond motifs is 1. The smallest absolute Gasteiger partial charge is 0.337 e. The highest BCUT2D eigenvalue weighted by atomic mass is 16.5. The summed E-state index contributed by atoms with van der Waals surface area (Å²) in [7, 11) is 1.36. The number of carbonyl (C=O) groups is 1. The molecule has 0 amide bonds. The highest BCUT2D eigenvalue weighted by Gasteiger charge is 2.14. The summed E-state index contributed by atoms with van der Waals surface area (Å²) in [6.45, 7) is 4.15. The van der Waals surface area contributed by atoms with Gasteiger partial charge in [0.05, 0.1) is 24.1 Å². The predicted octanol–water partition coefficient (Wildman–Crippen LogP) is 4.66. The van der Waals surface area contributed by atoms with Crippen LogP contribution in [0.15, 0.2) is 58.9 Å². The van der Waals surface area contributed by atoms with Gasteiger partial charge in [0.25, 0.3) is 0 Å². The quantitative estimate of drug-likeness (QED) is 0.518. The molecule has 24 heavy (non-hydrogen) atoms. The highest BCUT2D eigenvalue weighted by Crippen LogP contribution is 2.29. The zero-order chi connectivity index (χ0) is 17.1. The van der Waals surface area contributed by atoms with Crippen molar-refractivity contribution in [2.75, 3.05) is 7.11 Å². The molecule has 0 aliphatic heterocycles. The van der Waals surface area contributed by atoms with Gasteiger partial charge in [-0.25, -0.2) is 9.78 Å². The molecule has 0 saturated carbocycles. The van der Waals surface area contributed by atoms with E-state index in [2.05, 4.69) is 33.8 Å². The minimum Gasteiger partial charge on any atom is -0.465 e. The van der Waals surface area contributed by atoms with E-state index in [1.54, 1.807) is 24.3 Å². The molecule has 0 N–H and O–H groups in total. The Balaban J connectivity index is 1.95. The fraction of sp³-hybridized carbons (Fsp3) is 0.222. The average Bonchev–Trinajstić information content (AvgIpc) is 2.99. The summed E-state index contributed by atoms with van der Waals surface area (Å²) in [5.74, 6) is 0.584. The molecule has 0 radical (unpaired) electrons.